The lowest BCUT2D eigenvalue weighted by Crippen LogP contribution is -2.09. The zero-order valence-corrected chi connectivity index (χ0v) is 10.1. The van der Waals surface area contributed by atoms with E-state index >= 15 is 0 Å². The molecule has 0 unspecified atom stereocenters. The van der Waals surface area contributed by atoms with Crippen LogP contribution in [0.15, 0.2) is 12.3 Å². The average Bonchev–Trinajstić information content (AvgIpc) is 2.28. The van der Waals surface area contributed by atoms with E-state index in [0.29, 0.717) is 5.56 Å². The second-order valence-corrected chi connectivity index (χ2v) is 3.48. The molecule has 0 aliphatic rings. The van der Waals surface area contributed by atoms with Crippen LogP contribution in [0, 0.1) is 0 Å². The fourth-order valence-corrected chi connectivity index (χ4v) is 1.60. The zero-order valence-electron chi connectivity index (χ0n) is 8.54. The summed E-state index contributed by atoms with van der Waals surface area (Å²) in [7, 11) is 0. The Labute approximate surface area is 99.9 Å². The summed E-state index contributed by atoms with van der Waals surface area (Å²) in [4.78, 5) is 15.1. The monoisotopic (exact) mass is 293 g/mol. The van der Waals surface area contributed by atoms with E-state index in [1.807, 2.05) is 0 Å². The summed E-state index contributed by atoms with van der Waals surface area (Å²) in [5.41, 5.74) is 0.0693. The van der Waals surface area contributed by atoms with E-state index < -0.39 is 12.4 Å². The van der Waals surface area contributed by atoms with E-state index in [0.717, 1.165) is 6.07 Å². The van der Waals surface area contributed by atoms with Crippen molar-refractivity contribution in [3.05, 3.63) is 29.1 Å². The van der Waals surface area contributed by atoms with Crippen molar-refractivity contribution in [1.29, 1.82) is 0 Å². The van der Waals surface area contributed by atoms with Gasteiger partial charge in [0.05, 0.1) is 6.61 Å². The lowest BCUT2D eigenvalue weighted by atomic mass is 10.1. The molecular formula is C10H10BrF2NO2. The molecule has 1 aromatic rings. The quantitative estimate of drug-likeness (QED) is 0.633. The highest BCUT2D eigenvalue weighted by Gasteiger charge is 2.17. The first-order valence-corrected chi connectivity index (χ1v) is 5.72. The smallest absolute Gasteiger partial charge is 0.356 e. The molecule has 0 bridgehead atoms. The maximum absolute atomic E-state index is 12.6. The summed E-state index contributed by atoms with van der Waals surface area (Å²) in [5.74, 6) is -0.689. The molecule has 1 heterocycles. The third-order valence-corrected chi connectivity index (χ3v) is 2.49. The van der Waals surface area contributed by atoms with Crippen molar-refractivity contribution in [3.8, 4) is 0 Å². The van der Waals surface area contributed by atoms with Crippen LogP contribution in [-0.4, -0.2) is 17.6 Å². The summed E-state index contributed by atoms with van der Waals surface area (Å²) >= 11 is 3.08. The number of hydrogen-bond donors (Lipinski definition) is 0. The van der Waals surface area contributed by atoms with E-state index in [4.69, 9.17) is 0 Å². The Morgan fingerprint density at radius 3 is 2.81 bits per heavy atom. The van der Waals surface area contributed by atoms with E-state index in [-0.39, 0.29) is 23.2 Å². The Hall–Kier alpha value is -1.04. The molecule has 0 saturated heterocycles. The summed E-state index contributed by atoms with van der Waals surface area (Å²) in [5, 5.41) is 0.267. The second-order valence-electron chi connectivity index (χ2n) is 2.92. The summed E-state index contributed by atoms with van der Waals surface area (Å²) < 4.78 is 30.0. The molecule has 16 heavy (non-hydrogen) atoms. The molecule has 1 rings (SSSR count). The Bertz CT molecular complexity index is 385. The molecule has 6 heteroatoms. The largest absolute Gasteiger partial charge is 0.461 e. The van der Waals surface area contributed by atoms with Gasteiger partial charge in [-0.25, -0.2) is 18.6 Å². The molecule has 0 N–H and O–H groups in total. The number of aromatic nitrogens is 1. The van der Waals surface area contributed by atoms with Crippen molar-refractivity contribution < 1.29 is 18.3 Å². The van der Waals surface area contributed by atoms with Gasteiger partial charge in [-0.15, -0.1) is 0 Å². The topological polar surface area (TPSA) is 39.2 Å². The first-order valence-electron chi connectivity index (χ1n) is 4.60. The van der Waals surface area contributed by atoms with Crippen molar-refractivity contribution in [1.82, 2.24) is 4.98 Å². The van der Waals surface area contributed by atoms with E-state index in [2.05, 4.69) is 25.7 Å². The maximum atomic E-state index is 12.6. The second kappa shape index (κ2) is 5.89. The van der Waals surface area contributed by atoms with Gasteiger partial charge >= 0.3 is 5.97 Å². The van der Waals surface area contributed by atoms with Crippen LogP contribution in [0.2, 0.25) is 0 Å². The summed E-state index contributed by atoms with van der Waals surface area (Å²) in [6.45, 7) is 1.82. The van der Waals surface area contributed by atoms with Gasteiger partial charge in [-0.3, -0.25) is 0 Å². The van der Waals surface area contributed by atoms with Crippen LogP contribution >= 0.6 is 15.9 Å². The van der Waals surface area contributed by atoms with Crippen LogP contribution in [0.5, 0.6) is 0 Å². The zero-order chi connectivity index (χ0) is 12.1. The highest BCUT2D eigenvalue weighted by atomic mass is 79.9. The summed E-state index contributed by atoms with van der Waals surface area (Å²) in [6, 6.07) is 1.07. The van der Waals surface area contributed by atoms with Gasteiger partial charge in [0.2, 0.25) is 0 Å². The number of nitrogens with zero attached hydrogens (tertiary/aromatic N) is 1. The van der Waals surface area contributed by atoms with Crippen LogP contribution in [0.25, 0.3) is 0 Å². The van der Waals surface area contributed by atoms with Gasteiger partial charge in [0.25, 0.3) is 6.43 Å². The number of rotatable bonds is 4. The van der Waals surface area contributed by atoms with Gasteiger partial charge < -0.3 is 4.74 Å². The minimum atomic E-state index is -2.64. The molecule has 0 fully saturated rings. The molecule has 0 aliphatic carbocycles. The Kier molecular flexibility index (Phi) is 4.79. The molecule has 0 saturated carbocycles. The molecule has 0 amide bonds. The van der Waals surface area contributed by atoms with E-state index in [9.17, 15) is 13.6 Å². The number of ether oxygens (including phenoxy) is 1. The highest BCUT2D eigenvalue weighted by molar-refractivity contribution is 9.08. The lowest BCUT2D eigenvalue weighted by Gasteiger charge is -2.07. The molecule has 0 atom stereocenters. The molecular weight excluding hydrogens is 284 g/mol. The summed E-state index contributed by atoms with van der Waals surface area (Å²) in [6.07, 6.45) is -1.38. The van der Waals surface area contributed by atoms with Crippen molar-refractivity contribution in [3.63, 3.8) is 0 Å². The average molecular weight is 294 g/mol. The van der Waals surface area contributed by atoms with Crippen molar-refractivity contribution in [2.75, 3.05) is 6.61 Å². The Morgan fingerprint density at radius 2 is 2.31 bits per heavy atom. The maximum Gasteiger partial charge on any atom is 0.356 e. The number of alkyl halides is 3. The first kappa shape index (κ1) is 13.0. The SMILES string of the molecule is CCOC(=O)c1cc(C(F)F)c(CBr)cn1. The fourth-order valence-electron chi connectivity index (χ4n) is 1.13. The third-order valence-electron chi connectivity index (χ3n) is 1.89. The van der Waals surface area contributed by atoms with Crippen molar-refractivity contribution in [2.24, 2.45) is 0 Å². The molecule has 0 aromatic carbocycles. The molecule has 0 aliphatic heterocycles. The third kappa shape index (κ3) is 2.98. The number of esters is 1. The molecule has 0 spiro atoms. The van der Waals surface area contributed by atoms with E-state index in [1.165, 1.54) is 6.20 Å². The minimum Gasteiger partial charge on any atom is -0.461 e. The standard InChI is InChI=1S/C10H10BrF2NO2/c1-2-16-10(15)8-3-7(9(12)13)6(4-11)5-14-8/h3,5,9H,2,4H2,1H3. The molecule has 1 aromatic heterocycles. The van der Waals surface area contributed by atoms with Crippen molar-refractivity contribution >= 4 is 21.9 Å². The number of carbonyl (C=O) groups excluding carboxylic acids is 1. The van der Waals surface area contributed by atoms with Crippen LogP contribution in [0.1, 0.15) is 35.0 Å². The van der Waals surface area contributed by atoms with E-state index in [1.54, 1.807) is 6.92 Å². The van der Waals surface area contributed by atoms with Gasteiger partial charge in [-0.1, -0.05) is 15.9 Å². The first-order chi connectivity index (χ1) is 7.60. The van der Waals surface area contributed by atoms with Crippen LogP contribution < -0.4 is 0 Å². The van der Waals surface area contributed by atoms with Gasteiger partial charge in [-0.2, -0.15) is 0 Å². The predicted molar refractivity (Wildman–Crippen MR) is 57.8 cm³/mol. The van der Waals surface area contributed by atoms with Crippen LogP contribution in [0.3, 0.4) is 0 Å². The normalized spacial score (nSPS) is 10.6. The minimum absolute atomic E-state index is 0.0955. The Morgan fingerprint density at radius 1 is 1.62 bits per heavy atom. The van der Waals surface area contributed by atoms with Gasteiger partial charge in [-0.05, 0) is 18.6 Å². The van der Waals surface area contributed by atoms with Crippen molar-refractivity contribution in [2.45, 2.75) is 18.7 Å². The van der Waals surface area contributed by atoms with Gasteiger partial charge in [0.15, 0.2) is 0 Å². The van der Waals surface area contributed by atoms with Gasteiger partial charge in [0, 0.05) is 17.1 Å². The fraction of sp³-hybridized carbons (Fsp3) is 0.400. The lowest BCUT2D eigenvalue weighted by molar-refractivity contribution is 0.0519. The molecule has 88 valence electrons. The van der Waals surface area contributed by atoms with Gasteiger partial charge in [0.1, 0.15) is 5.69 Å². The predicted octanol–water partition coefficient (Wildman–Crippen LogP) is 3.09. The molecule has 0 radical (unpaired) electrons. The van der Waals surface area contributed by atoms with Crippen LogP contribution in [0.4, 0.5) is 8.78 Å². The molecule has 3 nitrogen and oxygen atoms in total. The highest BCUT2D eigenvalue weighted by Crippen LogP contribution is 2.24. The number of carbonyl (C=O) groups is 1. The van der Waals surface area contributed by atoms with Crippen LogP contribution in [-0.2, 0) is 10.1 Å². The Balaban J connectivity index is 3.06. The number of halogens is 3. The number of hydrogen-bond acceptors (Lipinski definition) is 3. The number of pyridine rings is 1.